The molecule has 0 radical (unpaired) electrons. The number of piperidine rings is 1. The van der Waals surface area contributed by atoms with Crippen molar-refractivity contribution in [1.29, 1.82) is 0 Å². The summed E-state index contributed by atoms with van der Waals surface area (Å²) in [4.78, 5) is 38.6. The monoisotopic (exact) mass is 539 g/mol. The predicted octanol–water partition coefficient (Wildman–Crippen LogP) is 4.30. The molecular weight excluding hydrogens is 502 g/mol. The van der Waals surface area contributed by atoms with Crippen LogP contribution in [0, 0.1) is 12.8 Å². The summed E-state index contributed by atoms with van der Waals surface area (Å²) >= 11 is 0. The van der Waals surface area contributed by atoms with Gasteiger partial charge in [-0.2, -0.15) is 0 Å². The Morgan fingerprint density at radius 1 is 1.26 bits per heavy atom. The second-order valence-corrected chi connectivity index (χ2v) is 11.4. The van der Waals surface area contributed by atoms with Crippen LogP contribution in [0.3, 0.4) is 0 Å². The molecule has 4 rings (SSSR count). The first-order valence-corrected chi connectivity index (χ1v) is 13.1. The van der Waals surface area contributed by atoms with Gasteiger partial charge in [0.15, 0.2) is 0 Å². The van der Waals surface area contributed by atoms with Gasteiger partial charge in [0.25, 0.3) is 5.91 Å². The Kier molecular flexibility index (Phi) is 8.22. The first kappa shape index (κ1) is 28.1. The van der Waals surface area contributed by atoms with Crippen LogP contribution >= 0.6 is 0 Å². The third-order valence-electron chi connectivity index (χ3n) is 6.55. The number of hydrogen-bond acceptors (Lipinski definition) is 9. The maximum absolute atomic E-state index is 14.2. The molecule has 0 aliphatic carbocycles. The summed E-state index contributed by atoms with van der Waals surface area (Å²) in [7, 11) is 0. The number of carbonyl (C=O) groups excluding carboxylic acids is 1. The van der Waals surface area contributed by atoms with Gasteiger partial charge < -0.3 is 29.1 Å². The van der Waals surface area contributed by atoms with Gasteiger partial charge in [0.05, 0.1) is 24.8 Å². The highest BCUT2D eigenvalue weighted by Gasteiger charge is 2.39. The molecule has 2 amide bonds. The minimum Gasteiger partial charge on any atom is -0.467 e. The molecule has 4 heterocycles. The second-order valence-electron chi connectivity index (χ2n) is 11.4. The van der Waals surface area contributed by atoms with Gasteiger partial charge >= 0.3 is 6.09 Å². The molecule has 0 bridgehead atoms. The number of rotatable bonds is 8. The topological polar surface area (TPSA) is 151 Å². The highest BCUT2D eigenvalue weighted by atomic mass is 16.4. The average Bonchev–Trinajstić information content (AvgIpc) is 3.56. The maximum atomic E-state index is 14.2. The molecule has 1 aliphatic heterocycles. The summed E-state index contributed by atoms with van der Waals surface area (Å²) in [6.45, 7) is 12.9. The zero-order valence-electron chi connectivity index (χ0n) is 23.3. The largest absolute Gasteiger partial charge is 0.467 e. The SMILES string of the molecule is Cc1nnc([C@@H]2C[C@H](N(CC(C)C)C(=O)c3cnc(C(C)(C)C)nc3NCc3ccco3)CN(C(=O)O)C2)o1. The molecule has 210 valence electrons. The number of nitrogens with one attached hydrogen (secondary N) is 1. The Balaban J connectivity index is 1.69. The molecule has 1 saturated heterocycles. The summed E-state index contributed by atoms with van der Waals surface area (Å²) in [6, 6.07) is 3.22. The zero-order chi connectivity index (χ0) is 28.3. The van der Waals surface area contributed by atoms with Crippen LogP contribution in [0.4, 0.5) is 10.6 Å². The lowest BCUT2D eigenvalue weighted by molar-refractivity contribution is 0.0454. The standard InChI is InChI=1S/C27H37N7O5/c1-16(2)13-34(19-10-18(14-33(15-19)26(36)37)23-32-31-17(3)39-23)24(35)21-12-29-25(27(4,5)6)30-22(21)28-11-20-8-7-9-38-20/h7-9,12,16,18-19H,10-11,13-15H2,1-6H3,(H,36,37)(H,28,29,30)/t18-,19+/m1/s1. The average molecular weight is 540 g/mol. The van der Waals surface area contributed by atoms with E-state index >= 15 is 0 Å². The van der Waals surface area contributed by atoms with Crippen molar-refractivity contribution in [1.82, 2.24) is 30.0 Å². The molecule has 0 aromatic carbocycles. The van der Waals surface area contributed by atoms with Gasteiger partial charge in [0.2, 0.25) is 11.8 Å². The van der Waals surface area contributed by atoms with Gasteiger partial charge in [-0.15, -0.1) is 10.2 Å². The van der Waals surface area contributed by atoms with E-state index in [-0.39, 0.29) is 36.2 Å². The van der Waals surface area contributed by atoms with E-state index in [9.17, 15) is 14.7 Å². The first-order valence-electron chi connectivity index (χ1n) is 13.1. The van der Waals surface area contributed by atoms with Crippen LogP contribution in [0.2, 0.25) is 0 Å². The van der Waals surface area contributed by atoms with Crippen molar-refractivity contribution in [3.05, 3.63) is 53.5 Å². The van der Waals surface area contributed by atoms with Crippen LogP contribution in [0.1, 0.15) is 80.7 Å². The maximum Gasteiger partial charge on any atom is 0.407 e. The Morgan fingerprint density at radius 3 is 2.62 bits per heavy atom. The Morgan fingerprint density at radius 2 is 2.03 bits per heavy atom. The van der Waals surface area contributed by atoms with Gasteiger partial charge in [-0.25, -0.2) is 14.8 Å². The molecule has 0 unspecified atom stereocenters. The van der Waals surface area contributed by atoms with Crippen molar-refractivity contribution in [3.8, 4) is 0 Å². The van der Waals surface area contributed by atoms with E-state index in [1.807, 2.05) is 40.7 Å². The molecule has 12 heteroatoms. The molecule has 3 aromatic rings. The van der Waals surface area contributed by atoms with E-state index in [4.69, 9.17) is 13.8 Å². The fourth-order valence-electron chi connectivity index (χ4n) is 4.67. The lowest BCUT2D eigenvalue weighted by Gasteiger charge is -2.41. The molecular formula is C27H37N7O5. The summed E-state index contributed by atoms with van der Waals surface area (Å²) < 4.78 is 11.1. The number of aryl methyl sites for hydroxylation is 1. The first-order chi connectivity index (χ1) is 18.4. The number of anilines is 1. The van der Waals surface area contributed by atoms with Gasteiger partial charge in [0, 0.05) is 38.2 Å². The van der Waals surface area contributed by atoms with Crippen LogP contribution in [0.15, 0.2) is 33.4 Å². The molecule has 1 fully saturated rings. The van der Waals surface area contributed by atoms with Crippen LogP contribution in [-0.2, 0) is 12.0 Å². The third-order valence-corrected chi connectivity index (χ3v) is 6.55. The number of carboxylic acid groups (broad SMARTS) is 1. The molecule has 3 aromatic heterocycles. The van der Waals surface area contributed by atoms with Crippen molar-refractivity contribution in [3.63, 3.8) is 0 Å². The third kappa shape index (κ3) is 6.73. The van der Waals surface area contributed by atoms with Crippen LogP contribution < -0.4 is 5.32 Å². The molecule has 39 heavy (non-hydrogen) atoms. The predicted molar refractivity (Wildman–Crippen MR) is 142 cm³/mol. The van der Waals surface area contributed by atoms with E-state index in [0.717, 1.165) is 0 Å². The van der Waals surface area contributed by atoms with Crippen LogP contribution in [0.5, 0.6) is 0 Å². The lowest BCUT2D eigenvalue weighted by Crippen LogP contribution is -2.54. The fraction of sp³-hybridized carbons (Fsp3) is 0.556. The fourth-order valence-corrected chi connectivity index (χ4v) is 4.67. The molecule has 0 saturated carbocycles. The van der Waals surface area contributed by atoms with Crippen molar-refractivity contribution in [2.24, 2.45) is 5.92 Å². The van der Waals surface area contributed by atoms with E-state index < -0.39 is 12.1 Å². The van der Waals surface area contributed by atoms with Crippen molar-refractivity contribution in [2.75, 3.05) is 25.0 Å². The Hall–Kier alpha value is -3.96. The van der Waals surface area contributed by atoms with E-state index in [2.05, 4.69) is 20.5 Å². The molecule has 0 spiro atoms. The minimum absolute atomic E-state index is 0.132. The summed E-state index contributed by atoms with van der Waals surface area (Å²) in [5.74, 6) is 2.01. The number of carbonyl (C=O) groups is 2. The Labute approximate surface area is 227 Å². The number of hydrogen-bond donors (Lipinski definition) is 2. The van der Waals surface area contributed by atoms with Gasteiger partial charge in [-0.1, -0.05) is 34.6 Å². The van der Waals surface area contributed by atoms with Gasteiger partial charge in [0.1, 0.15) is 23.0 Å². The van der Waals surface area contributed by atoms with Crippen molar-refractivity contribution < 1.29 is 23.5 Å². The summed E-state index contributed by atoms with van der Waals surface area (Å²) in [5.41, 5.74) is -0.0194. The van der Waals surface area contributed by atoms with Crippen molar-refractivity contribution in [2.45, 2.75) is 71.9 Å². The summed E-state index contributed by atoms with van der Waals surface area (Å²) in [5, 5.41) is 21.2. The lowest BCUT2D eigenvalue weighted by atomic mass is 9.92. The number of furan rings is 1. The van der Waals surface area contributed by atoms with E-state index in [1.54, 1.807) is 30.4 Å². The summed E-state index contributed by atoms with van der Waals surface area (Å²) in [6.07, 6.45) is 2.58. The van der Waals surface area contributed by atoms with Crippen LogP contribution in [-0.4, -0.2) is 72.7 Å². The van der Waals surface area contributed by atoms with Gasteiger partial charge in [-0.3, -0.25) is 4.79 Å². The van der Waals surface area contributed by atoms with E-state index in [1.165, 1.54) is 4.90 Å². The smallest absolute Gasteiger partial charge is 0.407 e. The van der Waals surface area contributed by atoms with Gasteiger partial charge in [-0.05, 0) is 24.5 Å². The zero-order valence-corrected chi connectivity index (χ0v) is 23.3. The number of amides is 2. The van der Waals surface area contributed by atoms with Crippen molar-refractivity contribution >= 4 is 17.8 Å². The molecule has 1 aliphatic rings. The molecule has 2 atom stereocenters. The number of nitrogens with zero attached hydrogens (tertiary/aromatic N) is 6. The highest BCUT2D eigenvalue weighted by molar-refractivity contribution is 5.98. The number of aromatic nitrogens is 4. The molecule has 2 N–H and O–H groups in total. The van der Waals surface area contributed by atoms with E-state index in [0.29, 0.717) is 54.3 Å². The normalized spacial score (nSPS) is 17.9. The number of likely N-dealkylation sites (tertiary alicyclic amines) is 1. The second kappa shape index (κ2) is 11.4. The molecule has 12 nitrogen and oxygen atoms in total. The minimum atomic E-state index is -1.06. The quantitative estimate of drug-likeness (QED) is 0.424. The Bertz CT molecular complexity index is 1280. The highest BCUT2D eigenvalue weighted by Crippen LogP contribution is 2.31. The van der Waals surface area contributed by atoms with Crippen LogP contribution in [0.25, 0.3) is 0 Å².